The summed E-state index contributed by atoms with van der Waals surface area (Å²) in [7, 11) is 0. The van der Waals surface area contributed by atoms with E-state index in [0.29, 0.717) is 6.04 Å². The first-order chi connectivity index (χ1) is 5.84. The molecule has 1 aromatic rings. The molecule has 1 unspecified atom stereocenters. The molecule has 1 N–H and O–H groups in total. The zero-order chi connectivity index (χ0) is 8.81. The highest BCUT2D eigenvalue weighted by atomic mass is 15.0. The highest BCUT2D eigenvalue weighted by molar-refractivity contribution is 4.78. The molecule has 0 aromatic carbocycles. The van der Waals surface area contributed by atoms with Crippen LogP contribution in [-0.4, -0.2) is 22.6 Å². The minimum Gasteiger partial charge on any atom is -0.335 e. The summed E-state index contributed by atoms with van der Waals surface area (Å²) in [6.07, 6.45) is 6.86. The smallest absolute Gasteiger partial charge is 0.0948 e. The molecule has 3 nitrogen and oxygen atoms in total. The molecule has 0 spiro atoms. The Morgan fingerprint density at radius 3 is 3.00 bits per heavy atom. The third-order valence-corrected chi connectivity index (χ3v) is 2.02. The van der Waals surface area contributed by atoms with Crippen molar-refractivity contribution < 1.29 is 0 Å². The van der Waals surface area contributed by atoms with Gasteiger partial charge in [0.2, 0.25) is 0 Å². The summed E-state index contributed by atoms with van der Waals surface area (Å²) in [5.74, 6) is 0. The van der Waals surface area contributed by atoms with Gasteiger partial charge in [0.05, 0.1) is 6.33 Å². The fourth-order valence-corrected chi connectivity index (χ4v) is 1.17. The Morgan fingerprint density at radius 1 is 1.58 bits per heavy atom. The fourth-order valence-electron chi connectivity index (χ4n) is 1.17. The summed E-state index contributed by atoms with van der Waals surface area (Å²) in [5.41, 5.74) is 0. The van der Waals surface area contributed by atoms with Gasteiger partial charge in [-0.05, 0) is 26.4 Å². The third kappa shape index (κ3) is 2.66. The zero-order valence-corrected chi connectivity index (χ0v) is 7.83. The number of rotatable bonds is 5. The first-order valence-corrected chi connectivity index (χ1v) is 4.52. The van der Waals surface area contributed by atoms with Crippen LogP contribution >= 0.6 is 0 Å². The lowest BCUT2D eigenvalue weighted by Gasteiger charge is -2.12. The Morgan fingerprint density at radius 2 is 2.42 bits per heavy atom. The van der Waals surface area contributed by atoms with E-state index in [9.17, 15) is 0 Å². The van der Waals surface area contributed by atoms with Gasteiger partial charge in [0.1, 0.15) is 0 Å². The van der Waals surface area contributed by atoms with Crippen molar-refractivity contribution in [3.05, 3.63) is 18.7 Å². The molecule has 0 aliphatic carbocycles. The molecule has 0 aliphatic heterocycles. The van der Waals surface area contributed by atoms with Gasteiger partial charge < -0.3 is 9.88 Å². The number of hydrogen-bond acceptors (Lipinski definition) is 2. The van der Waals surface area contributed by atoms with Crippen LogP contribution < -0.4 is 5.32 Å². The van der Waals surface area contributed by atoms with Gasteiger partial charge in [-0.2, -0.15) is 0 Å². The molecule has 0 bridgehead atoms. The largest absolute Gasteiger partial charge is 0.335 e. The van der Waals surface area contributed by atoms with E-state index in [0.717, 1.165) is 19.5 Å². The third-order valence-electron chi connectivity index (χ3n) is 2.02. The lowest BCUT2D eigenvalue weighted by molar-refractivity contribution is 0.487. The van der Waals surface area contributed by atoms with Crippen molar-refractivity contribution in [2.75, 3.05) is 13.1 Å². The maximum atomic E-state index is 4.01. The molecule has 12 heavy (non-hydrogen) atoms. The average molecular weight is 167 g/mol. The normalized spacial score (nSPS) is 13.2. The number of aromatic nitrogens is 2. The van der Waals surface area contributed by atoms with Crippen LogP contribution in [0.4, 0.5) is 0 Å². The van der Waals surface area contributed by atoms with Crippen LogP contribution in [0.25, 0.3) is 0 Å². The molecular weight excluding hydrogens is 150 g/mol. The highest BCUT2D eigenvalue weighted by Crippen LogP contribution is 2.07. The first-order valence-electron chi connectivity index (χ1n) is 4.52. The molecule has 1 heterocycles. The van der Waals surface area contributed by atoms with Crippen molar-refractivity contribution in [3.8, 4) is 0 Å². The topological polar surface area (TPSA) is 29.9 Å². The van der Waals surface area contributed by atoms with Crippen molar-refractivity contribution in [1.29, 1.82) is 0 Å². The standard InChI is InChI=1S/C9H17N3/c1-3-10-5-4-9(2)12-7-6-11-8-12/h6-10H,3-5H2,1-2H3. The van der Waals surface area contributed by atoms with Crippen molar-refractivity contribution in [1.82, 2.24) is 14.9 Å². The Labute approximate surface area is 73.8 Å². The van der Waals surface area contributed by atoms with E-state index in [1.807, 2.05) is 18.7 Å². The Bertz CT molecular complexity index is 194. The molecule has 0 aliphatic rings. The van der Waals surface area contributed by atoms with Crippen LogP contribution in [0.2, 0.25) is 0 Å². The van der Waals surface area contributed by atoms with Crippen LogP contribution in [0.5, 0.6) is 0 Å². The fraction of sp³-hybridized carbons (Fsp3) is 0.667. The molecule has 1 rings (SSSR count). The Balaban J connectivity index is 2.25. The highest BCUT2D eigenvalue weighted by Gasteiger charge is 2.01. The zero-order valence-electron chi connectivity index (χ0n) is 7.83. The second-order valence-electron chi connectivity index (χ2n) is 3.00. The van der Waals surface area contributed by atoms with Crippen LogP contribution in [0.1, 0.15) is 26.3 Å². The van der Waals surface area contributed by atoms with Crippen molar-refractivity contribution in [2.45, 2.75) is 26.3 Å². The Hall–Kier alpha value is -0.830. The number of nitrogens with zero attached hydrogens (tertiary/aromatic N) is 2. The van der Waals surface area contributed by atoms with E-state index >= 15 is 0 Å². The quantitative estimate of drug-likeness (QED) is 0.672. The lowest BCUT2D eigenvalue weighted by atomic mass is 10.2. The summed E-state index contributed by atoms with van der Waals surface area (Å²) in [4.78, 5) is 4.01. The number of hydrogen-bond donors (Lipinski definition) is 1. The van der Waals surface area contributed by atoms with E-state index in [-0.39, 0.29) is 0 Å². The van der Waals surface area contributed by atoms with E-state index in [2.05, 4.69) is 28.7 Å². The predicted octanol–water partition coefficient (Wildman–Crippen LogP) is 1.44. The summed E-state index contributed by atoms with van der Waals surface area (Å²) in [5, 5.41) is 3.31. The molecule has 0 amide bonds. The van der Waals surface area contributed by atoms with Gasteiger partial charge in [-0.25, -0.2) is 4.98 Å². The van der Waals surface area contributed by atoms with Crippen LogP contribution in [0.15, 0.2) is 18.7 Å². The van der Waals surface area contributed by atoms with Crippen LogP contribution in [-0.2, 0) is 0 Å². The molecule has 0 fully saturated rings. The second-order valence-corrected chi connectivity index (χ2v) is 3.00. The predicted molar refractivity (Wildman–Crippen MR) is 50.1 cm³/mol. The summed E-state index contributed by atoms with van der Waals surface area (Å²) < 4.78 is 2.14. The van der Waals surface area contributed by atoms with Gasteiger partial charge in [-0.1, -0.05) is 6.92 Å². The minimum absolute atomic E-state index is 0.548. The second kappa shape index (κ2) is 4.93. The minimum atomic E-state index is 0.548. The van der Waals surface area contributed by atoms with Gasteiger partial charge >= 0.3 is 0 Å². The summed E-state index contributed by atoms with van der Waals surface area (Å²) >= 11 is 0. The number of imidazole rings is 1. The maximum Gasteiger partial charge on any atom is 0.0948 e. The van der Waals surface area contributed by atoms with Gasteiger partial charge in [0, 0.05) is 18.4 Å². The van der Waals surface area contributed by atoms with Gasteiger partial charge in [0.15, 0.2) is 0 Å². The van der Waals surface area contributed by atoms with Crippen molar-refractivity contribution in [3.63, 3.8) is 0 Å². The molecule has 1 atom stereocenters. The van der Waals surface area contributed by atoms with Gasteiger partial charge in [0.25, 0.3) is 0 Å². The summed E-state index contributed by atoms with van der Waals surface area (Å²) in [6.45, 7) is 6.47. The lowest BCUT2D eigenvalue weighted by Crippen LogP contribution is -2.17. The monoisotopic (exact) mass is 167 g/mol. The molecular formula is C9H17N3. The first kappa shape index (κ1) is 9.26. The van der Waals surface area contributed by atoms with Crippen molar-refractivity contribution >= 4 is 0 Å². The van der Waals surface area contributed by atoms with Gasteiger partial charge in [-0.3, -0.25) is 0 Å². The average Bonchev–Trinajstić information content (AvgIpc) is 2.56. The maximum absolute atomic E-state index is 4.01. The molecule has 3 heteroatoms. The number of nitrogens with one attached hydrogen (secondary N) is 1. The SMILES string of the molecule is CCNCCC(C)n1ccnc1. The van der Waals surface area contributed by atoms with Crippen molar-refractivity contribution in [2.24, 2.45) is 0 Å². The van der Waals surface area contributed by atoms with Crippen LogP contribution in [0, 0.1) is 0 Å². The van der Waals surface area contributed by atoms with E-state index in [4.69, 9.17) is 0 Å². The van der Waals surface area contributed by atoms with E-state index in [1.165, 1.54) is 0 Å². The molecule has 0 saturated carbocycles. The van der Waals surface area contributed by atoms with Crippen LogP contribution in [0.3, 0.4) is 0 Å². The molecule has 0 saturated heterocycles. The van der Waals surface area contributed by atoms with E-state index in [1.54, 1.807) is 0 Å². The van der Waals surface area contributed by atoms with Gasteiger partial charge in [-0.15, -0.1) is 0 Å². The van der Waals surface area contributed by atoms with E-state index < -0.39 is 0 Å². The molecule has 0 radical (unpaired) electrons. The Kier molecular flexibility index (Phi) is 3.80. The molecule has 1 aromatic heterocycles. The molecule has 68 valence electrons. The summed E-state index contributed by atoms with van der Waals surface area (Å²) in [6, 6.07) is 0.548.